The van der Waals surface area contributed by atoms with Gasteiger partial charge in [-0.25, -0.2) is 0 Å². The first-order valence-corrected chi connectivity index (χ1v) is 10.9. The molecule has 0 unspecified atom stereocenters. The highest BCUT2D eigenvalue weighted by molar-refractivity contribution is 6.51. The smallest absolute Gasteiger partial charge is 0.300 e. The van der Waals surface area contributed by atoms with Gasteiger partial charge in [-0.05, 0) is 73.2 Å². The fraction of sp³-hybridized carbons (Fsp3) is 0.185. The van der Waals surface area contributed by atoms with Crippen LogP contribution in [0.3, 0.4) is 0 Å². The number of phenolic OH excluding ortho intramolecular Hbond substituents is 1. The van der Waals surface area contributed by atoms with E-state index in [-0.39, 0.29) is 22.8 Å². The Kier molecular flexibility index (Phi) is 6.64. The van der Waals surface area contributed by atoms with Gasteiger partial charge in [-0.2, -0.15) is 0 Å². The van der Waals surface area contributed by atoms with Crippen molar-refractivity contribution in [1.82, 2.24) is 0 Å². The lowest BCUT2D eigenvalue weighted by Gasteiger charge is -2.26. The third-order valence-electron chi connectivity index (χ3n) is 5.75. The van der Waals surface area contributed by atoms with Crippen LogP contribution in [0.15, 0.2) is 72.3 Å². The highest BCUT2D eigenvalue weighted by atomic mass is 16.5. The van der Waals surface area contributed by atoms with Gasteiger partial charge in [0.15, 0.2) is 11.5 Å². The molecule has 180 valence electrons. The number of methoxy groups -OCH3 is 2. The van der Waals surface area contributed by atoms with Gasteiger partial charge in [-0.3, -0.25) is 14.5 Å². The van der Waals surface area contributed by atoms with E-state index in [0.717, 1.165) is 0 Å². The molecule has 1 heterocycles. The summed E-state index contributed by atoms with van der Waals surface area (Å²) in [5, 5.41) is 21.3. The quantitative estimate of drug-likeness (QED) is 0.296. The van der Waals surface area contributed by atoms with Crippen LogP contribution < -0.4 is 19.1 Å². The number of rotatable bonds is 7. The molecule has 1 fully saturated rings. The van der Waals surface area contributed by atoms with E-state index in [1.165, 1.54) is 31.3 Å². The summed E-state index contributed by atoms with van der Waals surface area (Å²) >= 11 is 0. The van der Waals surface area contributed by atoms with Crippen molar-refractivity contribution >= 4 is 23.1 Å². The topological polar surface area (TPSA) is 106 Å². The van der Waals surface area contributed by atoms with Crippen LogP contribution in [0.25, 0.3) is 5.76 Å². The molecule has 0 saturated carbocycles. The molecule has 35 heavy (non-hydrogen) atoms. The largest absolute Gasteiger partial charge is 0.507 e. The third kappa shape index (κ3) is 4.38. The number of carbonyl (C=O) groups is 2. The molecule has 3 aromatic carbocycles. The first kappa shape index (κ1) is 23.7. The van der Waals surface area contributed by atoms with E-state index in [1.54, 1.807) is 54.6 Å². The highest BCUT2D eigenvalue weighted by Gasteiger charge is 2.47. The highest BCUT2D eigenvalue weighted by Crippen LogP contribution is 2.44. The molecule has 8 nitrogen and oxygen atoms in total. The number of Topliss-reactive ketones (excluding diaryl/α,β-unsaturated/α-hetero) is 1. The predicted octanol–water partition coefficient (Wildman–Crippen LogP) is 4.43. The lowest BCUT2D eigenvalue weighted by Crippen LogP contribution is -2.29. The number of aromatic hydroxyl groups is 1. The fourth-order valence-corrected chi connectivity index (χ4v) is 4.05. The van der Waals surface area contributed by atoms with Crippen LogP contribution in [0.1, 0.15) is 24.1 Å². The maximum absolute atomic E-state index is 13.3. The zero-order chi connectivity index (χ0) is 25.1. The fourth-order valence-electron chi connectivity index (χ4n) is 4.05. The molecular weight excluding hydrogens is 450 g/mol. The van der Waals surface area contributed by atoms with Crippen molar-refractivity contribution in [2.45, 2.75) is 13.0 Å². The lowest BCUT2D eigenvalue weighted by atomic mass is 9.94. The molecule has 2 N–H and O–H groups in total. The molecule has 0 aromatic heterocycles. The molecule has 4 rings (SSSR count). The molecule has 0 bridgehead atoms. The Hall–Kier alpha value is -4.46. The second kappa shape index (κ2) is 9.80. The molecule has 3 aromatic rings. The van der Waals surface area contributed by atoms with E-state index < -0.39 is 17.7 Å². The SMILES string of the molecule is CCOc1ccc(C(O)=C2C(=O)C(=O)N(c3ccc(OC)cc3)[C@H]2c2ccc(O)c(OC)c2)cc1. The van der Waals surface area contributed by atoms with E-state index in [1.807, 2.05) is 6.92 Å². The van der Waals surface area contributed by atoms with Gasteiger partial charge in [0.1, 0.15) is 17.3 Å². The minimum atomic E-state index is -0.968. The number of anilines is 1. The van der Waals surface area contributed by atoms with Crippen molar-refractivity contribution in [2.24, 2.45) is 0 Å². The van der Waals surface area contributed by atoms with Crippen molar-refractivity contribution in [1.29, 1.82) is 0 Å². The van der Waals surface area contributed by atoms with Gasteiger partial charge in [-0.15, -0.1) is 0 Å². The second-order valence-electron chi connectivity index (χ2n) is 7.76. The van der Waals surface area contributed by atoms with E-state index in [9.17, 15) is 19.8 Å². The molecule has 1 atom stereocenters. The Morgan fingerprint density at radius 2 is 1.57 bits per heavy atom. The van der Waals surface area contributed by atoms with Gasteiger partial charge in [-0.1, -0.05) is 6.07 Å². The number of hydrogen-bond donors (Lipinski definition) is 2. The number of aliphatic hydroxyl groups is 1. The van der Waals surface area contributed by atoms with Gasteiger partial charge < -0.3 is 24.4 Å². The van der Waals surface area contributed by atoms with E-state index in [4.69, 9.17) is 14.2 Å². The molecule has 1 aliphatic rings. The molecule has 1 aliphatic heterocycles. The number of aliphatic hydroxyl groups excluding tert-OH is 1. The first-order valence-electron chi connectivity index (χ1n) is 10.9. The van der Waals surface area contributed by atoms with Crippen molar-refractivity contribution in [3.63, 3.8) is 0 Å². The molecule has 8 heteroatoms. The number of carbonyl (C=O) groups excluding carboxylic acids is 2. The van der Waals surface area contributed by atoms with Gasteiger partial charge in [0, 0.05) is 11.3 Å². The number of phenols is 1. The summed E-state index contributed by atoms with van der Waals surface area (Å²) < 4.78 is 15.9. The predicted molar refractivity (Wildman–Crippen MR) is 130 cm³/mol. The summed E-state index contributed by atoms with van der Waals surface area (Å²) in [6, 6.07) is 16.8. The van der Waals surface area contributed by atoms with Gasteiger partial charge in [0.2, 0.25) is 0 Å². The van der Waals surface area contributed by atoms with Gasteiger partial charge in [0.25, 0.3) is 11.7 Å². The van der Waals surface area contributed by atoms with Crippen LogP contribution in [0.4, 0.5) is 5.69 Å². The van der Waals surface area contributed by atoms with E-state index in [2.05, 4.69) is 0 Å². The summed E-state index contributed by atoms with van der Waals surface area (Å²) in [5.41, 5.74) is 1.19. The Balaban J connectivity index is 1.90. The van der Waals surface area contributed by atoms with Crippen molar-refractivity contribution in [3.05, 3.63) is 83.4 Å². The van der Waals surface area contributed by atoms with Crippen LogP contribution in [-0.2, 0) is 9.59 Å². The number of hydrogen-bond acceptors (Lipinski definition) is 7. The summed E-state index contributed by atoms with van der Waals surface area (Å²) in [5.74, 6) is -0.665. The van der Waals surface area contributed by atoms with Crippen molar-refractivity contribution in [2.75, 3.05) is 25.7 Å². The normalized spacial score (nSPS) is 16.9. The van der Waals surface area contributed by atoms with Crippen LogP contribution in [0, 0.1) is 0 Å². The molecule has 0 aliphatic carbocycles. The minimum Gasteiger partial charge on any atom is -0.507 e. The summed E-state index contributed by atoms with van der Waals surface area (Å²) in [6.07, 6.45) is 0. The molecule has 0 radical (unpaired) electrons. The maximum atomic E-state index is 13.3. The first-order chi connectivity index (χ1) is 16.9. The monoisotopic (exact) mass is 475 g/mol. The van der Waals surface area contributed by atoms with E-state index >= 15 is 0 Å². The second-order valence-corrected chi connectivity index (χ2v) is 7.76. The van der Waals surface area contributed by atoms with Crippen molar-refractivity contribution < 1.29 is 34.0 Å². The summed E-state index contributed by atoms with van der Waals surface area (Å²) in [4.78, 5) is 27.8. The molecule has 1 amide bonds. The molecular formula is C27H25NO7. The zero-order valence-corrected chi connectivity index (χ0v) is 19.5. The number of benzene rings is 3. The zero-order valence-electron chi connectivity index (χ0n) is 19.5. The van der Waals surface area contributed by atoms with Crippen molar-refractivity contribution in [3.8, 4) is 23.0 Å². The number of ether oxygens (including phenoxy) is 3. The molecule has 0 spiro atoms. The average Bonchev–Trinajstić information content (AvgIpc) is 3.15. The van der Waals surface area contributed by atoms with Gasteiger partial charge >= 0.3 is 0 Å². The summed E-state index contributed by atoms with van der Waals surface area (Å²) in [6.45, 7) is 2.35. The molecule has 1 saturated heterocycles. The Morgan fingerprint density at radius 1 is 0.914 bits per heavy atom. The Labute approximate surface area is 202 Å². The van der Waals surface area contributed by atoms with Gasteiger partial charge in [0.05, 0.1) is 32.4 Å². The third-order valence-corrected chi connectivity index (χ3v) is 5.75. The number of ketones is 1. The van der Waals surface area contributed by atoms with Crippen LogP contribution in [0.2, 0.25) is 0 Å². The van der Waals surface area contributed by atoms with Crippen LogP contribution in [-0.4, -0.2) is 42.7 Å². The minimum absolute atomic E-state index is 0.0808. The van der Waals surface area contributed by atoms with Crippen LogP contribution >= 0.6 is 0 Å². The standard InChI is InChI=1S/C27H25NO7/c1-4-35-20-10-5-16(6-11-20)25(30)23-24(17-7-14-21(29)22(15-17)34-3)28(27(32)26(23)31)18-8-12-19(33-2)13-9-18/h5-15,24,29-30H,4H2,1-3H3/t24-/m0/s1. The number of nitrogens with zero attached hydrogens (tertiary/aromatic N) is 1. The average molecular weight is 475 g/mol. The maximum Gasteiger partial charge on any atom is 0.300 e. The Bertz CT molecular complexity index is 1280. The van der Waals surface area contributed by atoms with E-state index in [0.29, 0.717) is 34.9 Å². The Morgan fingerprint density at radius 3 is 2.17 bits per heavy atom. The summed E-state index contributed by atoms with van der Waals surface area (Å²) in [7, 11) is 2.93. The lowest BCUT2D eigenvalue weighted by molar-refractivity contribution is -0.132. The number of amides is 1. The van der Waals surface area contributed by atoms with Crippen LogP contribution in [0.5, 0.6) is 23.0 Å².